The van der Waals surface area contributed by atoms with E-state index in [1.807, 2.05) is 32.4 Å². The fraction of sp³-hybridized carbons (Fsp3) is 0.515. The van der Waals surface area contributed by atoms with E-state index < -0.39 is 0 Å². The summed E-state index contributed by atoms with van der Waals surface area (Å²) in [6.45, 7) is 8.69. The number of amides is 1. The van der Waals surface area contributed by atoms with Gasteiger partial charge in [-0.3, -0.25) is 14.5 Å². The van der Waals surface area contributed by atoms with Crippen molar-refractivity contribution in [1.29, 1.82) is 0 Å². The highest BCUT2D eigenvalue weighted by Gasteiger charge is 2.35. The van der Waals surface area contributed by atoms with Crippen molar-refractivity contribution in [1.82, 2.24) is 15.2 Å². The van der Waals surface area contributed by atoms with Crippen molar-refractivity contribution in [3.63, 3.8) is 0 Å². The van der Waals surface area contributed by atoms with Crippen molar-refractivity contribution < 1.29 is 9.53 Å². The highest BCUT2D eigenvalue weighted by atomic mass is 32.2. The lowest BCUT2D eigenvalue weighted by Gasteiger charge is -2.46. The number of allylic oxidation sites excluding steroid dienone is 3. The second-order valence-electron chi connectivity index (χ2n) is 11.8. The van der Waals surface area contributed by atoms with Crippen molar-refractivity contribution in [3.05, 3.63) is 74.7 Å². The molecule has 1 aliphatic heterocycles. The molecule has 5 rings (SSSR count). The summed E-state index contributed by atoms with van der Waals surface area (Å²) >= 11 is 1.53. The summed E-state index contributed by atoms with van der Waals surface area (Å²) in [5.74, 6) is 1.07. The molecule has 0 spiro atoms. The number of nitrogens with zero attached hydrogens (tertiary/aromatic N) is 1. The molecule has 2 N–H and O–H groups in total. The molecule has 0 radical (unpaired) electrons. The minimum Gasteiger partial charge on any atom is -0.379 e. The maximum Gasteiger partial charge on any atom is 0.254 e. The van der Waals surface area contributed by atoms with Crippen molar-refractivity contribution in [2.24, 2.45) is 11.8 Å². The van der Waals surface area contributed by atoms with Gasteiger partial charge in [-0.2, -0.15) is 0 Å². The first-order valence-electron chi connectivity index (χ1n) is 14.6. The number of fused-ring (bicyclic) bond motifs is 1. The lowest BCUT2D eigenvalue weighted by Crippen LogP contribution is -2.56. The summed E-state index contributed by atoms with van der Waals surface area (Å²) in [6.07, 6.45) is 10.7. The SMILES string of the molecule is COC1CN(C2CCC([C@@H](C)C=C3CC(C)=C(C(=O)NCc4c(SC)cc(C)[nH]c4=O)c4ccccc43)CC2)C1. The lowest BCUT2D eigenvalue weighted by molar-refractivity contribution is -0.115. The fourth-order valence-electron chi connectivity index (χ4n) is 6.80. The van der Waals surface area contributed by atoms with E-state index in [1.54, 1.807) is 0 Å². The number of hydrogen-bond donors (Lipinski definition) is 2. The molecule has 3 aliphatic rings. The van der Waals surface area contributed by atoms with E-state index >= 15 is 0 Å². The minimum absolute atomic E-state index is 0.121. The van der Waals surface area contributed by atoms with Gasteiger partial charge in [-0.05, 0) is 86.8 Å². The van der Waals surface area contributed by atoms with Crippen LogP contribution in [0.2, 0.25) is 0 Å². The van der Waals surface area contributed by atoms with Crippen molar-refractivity contribution in [2.45, 2.75) is 76.5 Å². The van der Waals surface area contributed by atoms with Gasteiger partial charge in [0.05, 0.1) is 6.10 Å². The third-order valence-electron chi connectivity index (χ3n) is 9.20. The van der Waals surface area contributed by atoms with E-state index in [4.69, 9.17) is 4.74 Å². The van der Waals surface area contributed by atoms with E-state index in [2.05, 4.69) is 53.3 Å². The molecule has 1 saturated heterocycles. The Kier molecular flexibility index (Phi) is 9.03. The second-order valence-corrected chi connectivity index (χ2v) is 12.7. The number of aromatic nitrogens is 1. The number of carbonyl (C=O) groups excluding carboxylic acids is 1. The summed E-state index contributed by atoms with van der Waals surface area (Å²) < 4.78 is 5.47. The molecular weight excluding hydrogens is 518 g/mol. The van der Waals surface area contributed by atoms with Crippen LogP contribution in [0.25, 0.3) is 11.1 Å². The predicted molar refractivity (Wildman–Crippen MR) is 164 cm³/mol. The van der Waals surface area contributed by atoms with Gasteiger partial charge >= 0.3 is 0 Å². The molecule has 7 heteroatoms. The average Bonchev–Trinajstić information content (AvgIpc) is 2.92. The topological polar surface area (TPSA) is 74.4 Å². The number of benzene rings is 1. The van der Waals surface area contributed by atoms with Crippen LogP contribution in [0, 0.1) is 18.8 Å². The summed E-state index contributed by atoms with van der Waals surface area (Å²) in [6, 6.07) is 11.0. The first-order chi connectivity index (χ1) is 19.3. The number of aromatic amines is 1. The number of methoxy groups -OCH3 is 1. The van der Waals surface area contributed by atoms with Crippen LogP contribution in [0.3, 0.4) is 0 Å². The number of hydrogen-bond acceptors (Lipinski definition) is 5. The van der Waals surface area contributed by atoms with Crippen molar-refractivity contribution >= 4 is 28.8 Å². The Hall–Kier alpha value is -2.61. The van der Waals surface area contributed by atoms with Crippen LogP contribution in [-0.2, 0) is 16.1 Å². The molecule has 6 nitrogen and oxygen atoms in total. The minimum atomic E-state index is -0.142. The van der Waals surface area contributed by atoms with Gasteiger partial charge in [-0.15, -0.1) is 11.8 Å². The van der Waals surface area contributed by atoms with Crippen LogP contribution in [-0.4, -0.2) is 54.4 Å². The molecule has 2 fully saturated rings. The van der Waals surface area contributed by atoms with Gasteiger partial charge in [0.1, 0.15) is 0 Å². The molecule has 1 aromatic heterocycles. The zero-order chi connectivity index (χ0) is 28.4. The van der Waals surface area contributed by atoms with Gasteiger partial charge < -0.3 is 15.0 Å². The number of H-pyrrole nitrogens is 1. The lowest BCUT2D eigenvalue weighted by atomic mass is 9.75. The maximum atomic E-state index is 13.5. The Morgan fingerprint density at radius 1 is 1.18 bits per heavy atom. The molecule has 0 unspecified atom stereocenters. The van der Waals surface area contributed by atoms with Crippen molar-refractivity contribution in [2.75, 3.05) is 26.5 Å². The zero-order valence-electron chi connectivity index (χ0n) is 24.5. The highest BCUT2D eigenvalue weighted by Crippen LogP contribution is 2.41. The Bertz CT molecular complexity index is 1360. The second kappa shape index (κ2) is 12.5. The molecule has 2 aromatic rings. The number of rotatable bonds is 8. The van der Waals surface area contributed by atoms with E-state index in [9.17, 15) is 9.59 Å². The Morgan fingerprint density at radius 2 is 1.88 bits per heavy atom. The number of ether oxygens (including phenoxy) is 1. The van der Waals surface area contributed by atoms with Crippen LogP contribution >= 0.6 is 11.8 Å². The number of nitrogens with one attached hydrogen (secondary N) is 2. The summed E-state index contributed by atoms with van der Waals surface area (Å²) in [4.78, 5) is 32.5. The van der Waals surface area contributed by atoms with Crippen LogP contribution in [0.4, 0.5) is 0 Å². The quantitative estimate of drug-likeness (QED) is 0.398. The maximum absolute atomic E-state index is 13.5. The van der Waals surface area contributed by atoms with Gasteiger partial charge in [0, 0.05) is 54.5 Å². The molecule has 214 valence electrons. The predicted octanol–water partition coefficient (Wildman–Crippen LogP) is 5.81. The number of likely N-dealkylation sites (tertiary alicyclic amines) is 1. The Balaban J connectivity index is 1.28. The van der Waals surface area contributed by atoms with Crippen LogP contribution in [0.15, 0.2) is 51.7 Å². The van der Waals surface area contributed by atoms with Gasteiger partial charge in [-0.25, -0.2) is 0 Å². The molecular formula is C33H43N3O3S. The van der Waals surface area contributed by atoms with E-state index in [-0.39, 0.29) is 18.0 Å². The summed E-state index contributed by atoms with van der Waals surface area (Å²) in [5, 5.41) is 3.05. The zero-order valence-corrected chi connectivity index (χ0v) is 25.3. The number of pyridine rings is 1. The van der Waals surface area contributed by atoms with Crippen LogP contribution in [0.1, 0.15) is 68.3 Å². The number of aryl methyl sites for hydroxylation is 1. The molecule has 40 heavy (non-hydrogen) atoms. The largest absolute Gasteiger partial charge is 0.379 e. The molecule has 1 aromatic carbocycles. The van der Waals surface area contributed by atoms with E-state index in [0.29, 0.717) is 29.5 Å². The first-order valence-corrected chi connectivity index (χ1v) is 15.8. The standard InChI is InChI=1S/C33H43N3O3S/c1-20(23-10-12-25(13-11-23)36-18-26(19-36)39-4)14-24-15-21(2)31(28-9-7-6-8-27(24)28)33(38)34-17-29-30(40-5)16-22(3)35-32(29)37/h6-9,14,16,20,23,25-26H,10-13,15,17-19H2,1-5H3,(H,34,38)(H,35,37)/t20-,23?,25?/m0/s1. The van der Waals surface area contributed by atoms with E-state index in [0.717, 1.165) is 52.4 Å². The monoisotopic (exact) mass is 561 g/mol. The van der Waals surface area contributed by atoms with Crippen LogP contribution in [0.5, 0.6) is 0 Å². The summed E-state index contributed by atoms with van der Waals surface area (Å²) in [7, 11) is 1.82. The van der Waals surface area contributed by atoms with Crippen LogP contribution < -0.4 is 10.9 Å². The summed E-state index contributed by atoms with van der Waals surface area (Å²) in [5.41, 5.74) is 6.56. The first kappa shape index (κ1) is 28.9. The Morgan fingerprint density at radius 3 is 2.55 bits per heavy atom. The highest BCUT2D eigenvalue weighted by molar-refractivity contribution is 7.98. The van der Waals surface area contributed by atoms with Gasteiger partial charge in [0.15, 0.2) is 0 Å². The molecule has 1 amide bonds. The van der Waals surface area contributed by atoms with Gasteiger partial charge in [0.25, 0.3) is 11.5 Å². The van der Waals surface area contributed by atoms with E-state index in [1.165, 1.54) is 43.0 Å². The third-order valence-corrected chi connectivity index (χ3v) is 10.0. The smallest absolute Gasteiger partial charge is 0.254 e. The van der Waals surface area contributed by atoms with Crippen molar-refractivity contribution in [3.8, 4) is 0 Å². The number of carbonyl (C=O) groups is 1. The van der Waals surface area contributed by atoms with Gasteiger partial charge in [-0.1, -0.05) is 42.8 Å². The Labute approximate surface area is 242 Å². The molecule has 1 saturated carbocycles. The number of thioether (sulfide) groups is 1. The molecule has 1 atom stereocenters. The average molecular weight is 562 g/mol. The molecule has 0 bridgehead atoms. The normalized spacial score (nSPS) is 23.6. The molecule has 2 heterocycles. The van der Waals surface area contributed by atoms with Gasteiger partial charge in [0.2, 0.25) is 0 Å². The molecule has 2 aliphatic carbocycles. The third kappa shape index (κ3) is 6.02. The fourth-order valence-corrected chi connectivity index (χ4v) is 7.51.